The van der Waals surface area contributed by atoms with E-state index in [9.17, 15) is 4.79 Å². The highest BCUT2D eigenvalue weighted by Crippen LogP contribution is 2.06. The van der Waals surface area contributed by atoms with Gasteiger partial charge in [0.15, 0.2) is 5.78 Å². The largest absolute Gasteiger partial charge is 0.295 e. The molecular weight excluding hydrogens is 196 g/mol. The van der Waals surface area contributed by atoms with E-state index < -0.39 is 0 Å². The van der Waals surface area contributed by atoms with Crippen molar-refractivity contribution in [2.45, 2.75) is 47.5 Å². The third-order valence-electron chi connectivity index (χ3n) is 2.30. The fourth-order valence-electron chi connectivity index (χ4n) is 1.17. The van der Waals surface area contributed by atoms with Crippen LogP contribution in [0.3, 0.4) is 0 Å². The zero-order valence-corrected chi connectivity index (χ0v) is 11.2. The molecule has 0 spiro atoms. The minimum atomic E-state index is 0.0932. The second-order valence-electron chi connectivity index (χ2n) is 4.75. The van der Waals surface area contributed by atoms with E-state index in [1.54, 1.807) is 6.08 Å². The van der Waals surface area contributed by atoms with Gasteiger partial charge in [-0.05, 0) is 39.7 Å². The molecule has 0 aromatic carbocycles. The first kappa shape index (κ1) is 14.9. The maximum Gasteiger partial charge on any atom is 0.158 e. The summed E-state index contributed by atoms with van der Waals surface area (Å²) in [6.07, 6.45) is 9.93. The first-order valence-corrected chi connectivity index (χ1v) is 5.94. The highest BCUT2D eigenvalue weighted by molar-refractivity contribution is 5.91. The quantitative estimate of drug-likeness (QED) is 0.367. The van der Waals surface area contributed by atoms with Crippen molar-refractivity contribution < 1.29 is 4.79 Å². The van der Waals surface area contributed by atoms with Gasteiger partial charge in [-0.1, -0.05) is 43.2 Å². The second kappa shape index (κ2) is 8.09. The van der Waals surface area contributed by atoms with Gasteiger partial charge in [-0.15, -0.1) is 0 Å². The predicted molar refractivity (Wildman–Crippen MR) is 71.4 cm³/mol. The van der Waals surface area contributed by atoms with Crippen molar-refractivity contribution in [1.29, 1.82) is 0 Å². The molecule has 0 heterocycles. The zero-order valence-electron chi connectivity index (χ0n) is 11.2. The Morgan fingerprint density at radius 2 is 1.81 bits per heavy atom. The fraction of sp³-hybridized carbons (Fsp3) is 0.533. The number of hydrogen-bond donors (Lipinski definition) is 0. The Bertz CT molecular complexity index is 299. The lowest BCUT2D eigenvalue weighted by Crippen LogP contribution is -2.01. The fourth-order valence-corrected chi connectivity index (χ4v) is 1.17. The Hall–Kier alpha value is -1.11. The Kier molecular flexibility index (Phi) is 7.53. The van der Waals surface area contributed by atoms with Gasteiger partial charge in [0, 0.05) is 5.92 Å². The zero-order chi connectivity index (χ0) is 12.6. The molecule has 90 valence electrons. The lowest BCUT2D eigenvalue weighted by Gasteiger charge is -1.97. The van der Waals surface area contributed by atoms with Crippen LogP contribution in [0.2, 0.25) is 0 Å². The van der Waals surface area contributed by atoms with Gasteiger partial charge in [0.1, 0.15) is 0 Å². The van der Waals surface area contributed by atoms with Gasteiger partial charge in [0.25, 0.3) is 0 Å². The number of ketones is 1. The van der Waals surface area contributed by atoms with Gasteiger partial charge >= 0.3 is 0 Å². The topological polar surface area (TPSA) is 17.1 Å². The van der Waals surface area contributed by atoms with E-state index in [0.29, 0.717) is 0 Å². The number of carbonyl (C=O) groups is 1. The van der Waals surface area contributed by atoms with Crippen LogP contribution in [0.4, 0.5) is 0 Å². The molecule has 1 nitrogen and oxygen atoms in total. The van der Waals surface area contributed by atoms with Crippen molar-refractivity contribution >= 4 is 5.78 Å². The highest BCUT2D eigenvalue weighted by Gasteiger charge is 2.00. The molecule has 0 aliphatic rings. The molecule has 0 aliphatic heterocycles. The van der Waals surface area contributed by atoms with E-state index in [0.717, 1.165) is 12.8 Å². The first-order valence-electron chi connectivity index (χ1n) is 5.94. The van der Waals surface area contributed by atoms with E-state index in [2.05, 4.69) is 26.8 Å². The summed E-state index contributed by atoms with van der Waals surface area (Å²) >= 11 is 0. The van der Waals surface area contributed by atoms with E-state index in [4.69, 9.17) is 0 Å². The predicted octanol–water partition coefficient (Wildman–Crippen LogP) is 4.46. The van der Waals surface area contributed by atoms with Crippen molar-refractivity contribution in [2.75, 3.05) is 0 Å². The van der Waals surface area contributed by atoms with Crippen molar-refractivity contribution in [1.82, 2.24) is 0 Å². The van der Waals surface area contributed by atoms with E-state index in [-0.39, 0.29) is 11.7 Å². The normalized spacial score (nSPS) is 12.2. The third-order valence-corrected chi connectivity index (χ3v) is 2.30. The average molecular weight is 220 g/mol. The van der Waals surface area contributed by atoms with Gasteiger partial charge in [-0.2, -0.15) is 0 Å². The molecule has 0 atom stereocenters. The average Bonchev–Trinajstić information content (AvgIpc) is 2.16. The molecule has 0 amide bonds. The molecule has 0 unspecified atom stereocenters. The molecular formula is C15H24O. The third kappa shape index (κ3) is 8.22. The summed E-state index contributed by atoms with van der Waals surface area (Å²) in [5, 5.41) is 0. The monoisotopic (exact) mass is 220 g/mol. The summed E-state index contributed by atoms with van der Waals surface area (Å²) in [6, 6.07) is 0. The minimum absolute atomic E-state index is 0.0932. The first-order chi connectivity index (χ1) is 7.43. The smallest absolute Gasteiger partial charge is 0.158 e. The van der Waals surface area contributed by atoms with Crippen LogP contribution in [-0.2, 0) is 4.79 Å². The molecule has 16 heavy (non-hydrogen) atoms. The molecule has 0 bridgehead atoms. The standard InChI is InChI=1S/C15H24O/c1-12(2)8-6-9-14(5)10-7-11-15(16)13(3)4/h7-8,10-11,13H,6,9H2,1-5H3/b11-7+,14-10+. The molecule has 0 aliphatic carbocycles. The van der Waals surface area contributed by atoms with Crippen molar-refractivity contribution in [3.05, 3.63) is 35.5 Å². The molecule has 0 radical (unpaired) electrons. The summed E-state index contributed by atoms with van der Waals surface area (Å²) in [7, 11) is 0. The van der Waals surface area contributed by atoms with Gasteiger partial charge in [0.2, 0.25) is 0 Å². The second-order valence-corrected chi connectivity index (χ2v) is 4.75. The van der Waals surface area contributed by atoms with Crippen LogP contribution in [-0.4, -0.2) is 5.78 Å². The highest BCUT2D eigenvalue weighted by atomic mass is 16.1. The molecule has 0 fully saturated rings. The lowest BCUT2D eigenvalue weighted by molar-refractivity contribution is -0.117. The Balaban J connectivity index is 4.05. The van der Waals surface area contributed by atoms with Crippen LogP contribution in [0.1, 0.15) is 47.5 Å². The number of hydrogen-bond acceptors (Lipinski definition) is 1. The molecule has 1 heteroatoms. The molecule has 0 rings (SSSR count). The Morgan fingerprint density at radius 1 is 1.19 bits per heavy atom. The number of allylic oxidation sites excluding steroid dienone is 6. The Morgan fingerprint density at radius 3 is 2.31 bits per heavy atom. The van der Waals surface area contributed by atoms with Gasteiger partial charge in [0.05, 0.1) is 0 Å². The van der Waals surface area contributed by atoms with Crippen LogP contribution >= 0.6 is 0 Å². The molecule has 0 N–H and O–H groups in total. The van der Waals surface area contributed by atoms with Crippen molar-refractivity contribution in [2.24, 2.45) is 5.92 Å². The van der Waals surface area contributed by atoms with Crippen LogP contribution in [0.25, 0.3) is 0 Å². The van der Waals surface area contributed by atoms with Gasteiger partial charge in [-0.25, -0.2) is 0 Å². The van der Waals surface area contributed by atoms with E-state index in [1.807, 2.05) is 26.0 Å². The number of carbonyl (C=O) groups excluding carboxylic acids is 1. The summed E-state index contributed by atoms with van der Waals surface area (Å²) in [4.78, 5) is 11.3. The van der Waals surface area contributed by atoms with Gasteiger partial charge in [-0.3, -0.25) is 4.79 Å². The maximum atomic E-state index is 11.3. The molecule has 0 saturated carbocycles. The lowest BCUT2D eigenvalue weighted by atomic mass is 10.1. The molecule has 0 saturated heterocycles. The SMILES string of the molecule is CC(C)=CCC/C(C)=C/C=C/C(=O)C(C)C. The van der Waals surface area contributed by atoms with Crippen LogP contribution in [0, 0.1) is 5.92 Å². The summed E-state index contributed by atoms with van der Waals surface area (Å²) in [5.74, 6) is 0.281. The summed E-state index contributed by atoms with van der Waals surface area (Å²) in [6.45, 7) is 10.2. The minimum Gasteiger partial charge on any atom is -0.295 e. The van der Waals surface area contributed by atoms with E-state index in [1.165, 1.54) is 11.1 Å². The molecule has 0 aromatic rings. The summed E-state index contributed by atoms with van der Waals surface area (Å²) < 4.78 is 0. The van der Waals surface area contributed by atoms with Crippen LogP contribution in [0.5, 0.6) is 0 Å². The number of rotatable bonds is 6. The van der Waals surface area contributed by atoms with Crippen molar-refractivity contribution in [3.8, 4) is 0 Å². The van der Waals surface area contributed by atoms with Crippen LogP contribution in [0.15, 0.2) is 35.5 Å². The van der Waals surface area contributed by atoms with E-state index >= 15 is 0 Å². The van der Waals surface area contributed by atoms with Gasteiger partial charge < -0.3 is 0 Å². The van der Waals surface area contributed by atoms with Crippen molar-refractivity contribution in [3.63, 3.8) is 0 Å². The van der Waals surface area contributed by atoms with Crippen LogP contribution < -0.4 is 0 Å². The summed E-state index contributed by atoms with van der Waals surface area (Å²) in [5.41, 5.74) is 2.67. The Labute approximate surface area is 99.9 Å². The maximum absolute atomic E-state index is 11.3. The molecule has 0 aromatic heterocycles.